The number of hydrogen-bond donors (Lipinski definition) is 0. The minimum Gasteiger partial charge on any atom is -0.491 e. The molecule has 0 saturated carbocycles. The monoisotopic (exact) mass is 514 g/mol. The second-order valence-corrected chi connectivity index (χ2v) is 14.9. The molecule has 3 aromatic carbocycles. The van der Waals surface area contributed by atoms with E-state index >= 15 is 0 Å². The number of allylic oxidation sites excluding steroid dienone is 1. The van der Waals surface area contributed by atoms with Gasteiger partial charge in [0.2, 0.25) is 0 Å². The SMILES string of the molecule is C=CCCCCC(=O)CCC(COc1ccccc1)O[Si](c1ccccc1)(c1ccccc1)C(C)(C)C. The summed E-state index contributed by atoms with van der Waals surface area (Å²) in [4.78, 5) is 12.8. The summed E-state index contributed by atoms with van der Waals surface area (Å²) in [5.74, 6) is 1.11. The summed E-state index contributed by atoms with van der Waals surface area (Å²) in [6, 6.07) is 31.1. The number of Topliss-reactive ketones (excluding diaryl/α,β-unsaturated/α-hetero) is 1. The van der Waals surface area contributed by atoms with Crippen molar-refractivity contribution in [1.82, 2.24) is 0 Å². The molecule has 0 aliphatic rings. The van der Waals surface area contributed by atoms with Gasteiger partial charge in [-0.15, -0.1) is 6.58 Å². The zero-order valence-electron chi connectivity index (χ0n) is 22.7. The molecule has 0 bridgehead atoms. The number of rotatable bonds is 15. The Bertz CT molecular complexity index is 1040. The predicted molar refractivity (Wildman–Crippen MR) is 157 cm³/mol. The van der Waals surface area contributed by atoms with E-state index in [-0.39, 0.29) is 11.1 Å². The third kappa shape index (κ3) is 8.01. The second-order valence-electron chi connectivity index (χ2n) is 10.6. The number of carbonyl (C=O) groups excluding carboxylic acids is 1. The molecule has 0 aliphatic carbocycles. The Balaban J connectivity index is 1.92. The van der Waals surface area contributed by atoms with Crippen LogP contribution in [-0.4, -0.2) is 26.8 Å². The fraction of sp³-hybridized carbons (Fsp3) is 0.364. The summed E-state index contributed by atoms with van der Waals surface area (Å²) in [6.07, 6.45) is 6.31. The fourth-order valence-corrected chi connectivity index (χ4v) is 9.58. The molecule has 0 aliphatic heterocycles. The van der Waals surface area contributed by atoms with Crippen LogP contribution in [0.1, 0.15) is 59.3 Å². The van der Waals surface area contributed by atoms with Crippen LogP contribution in [0, 0.1) is 0 Å². The van der Waals surface area contributed by atoms with Crippen molar-refractivity contribution in [2.24, 2.45) is 0 Å². The third-order valence-electron chi connectivity index (χ3n) is 6.80. The molecule has 0 fully saturated rings. The predicted octanol–water partition coefficient (Wildman–Crippen LogP) is 7.11. The molecule has 0 amide bonds. The number of ketones is 1. The van der Waals surface area contributed by atoms with Gasteiger partial charge in [-0.05, 0) is 53.2 Å². The van der Waals surface area contributed by atoms with Crippen molar-refractivity contribution in [2.45, 2.75) is 70.4 Å². The van der Waals surface area contributed by atoms with E-state index < -0.39 is 8.32 Å². The summed E-state index contributed by atoms with van der Waals surface area (Å²) in [5, 5.41) is 2.32. The highest BCUT2D eigenvalue weighted by atomic mass is 28.4. The summed E-state index contributed by atoms with van der Waals surface area (Å²) >= 11 is 0. The van der Waals surface area contributed by atoms with Crippen LogP contribution in [0.2, 0.25) is 5.04 Å². The number of para-hydroxylation sites is 1. The number of benzene rings is 3. The third-order valence-corrected chi connectivity index (χ3v) is 11.9. The Morgan fingerprint density at radius 1 is 0.838 bits per heavy atom. The summed E-state index contributed by atoms with van der Waals surface area (Å²) in [5.41, 5.74) is 0. The topological polar surface area (TPSA) is 35.5 Å². The highest BCUT2D eigenvalue weighted by molar-refractivity contribution is 6.99. The van der Waals surface area contributed by atoms with Crippen LogP contribution in [0.15, 0.2) is 104 Å². The fourth-order valence-electron chi connectivity index (χ4n) is 4.88. The van der Waals surface area contributed by atoms with Crippen LogP contribution < -0.4 is 15.1 Å². The number of hydrogen-bond acceptors (Lipinski definition) is 3. The first-order valence-corrected chi connectivity index (χ1v) is 15.4. The lowest BCUT2D eigenvalue weighted by Gasteiger charge is -2.45. The first-order chi connectivity index (χ1) is 17.9. The number of carbonyl (C=O) groups is 1. The molecule has 0 N–H and O–H groups in total. The van der Waals surface area contributed by atoms with E-state index in [1.54, 1.807) is 0 Å². The first kappa shape index (κ1) is 28.6. The van der Waals surface area contributed by atoms with E-state index in [0.29, 0.717) is 31.7 Å². The molecule has 196 valence electrons. The molecule has 0 radical (unpaired) electrons. The van der Waals surface area contributed by atoms with Crippen molar-refractivity contribution in [2.75, 3.05) is 6.61 Å². The lowest BCUT2D eigenvalue weighted by atomic mass is 10.1. The van der Waals surface area contributed by atoms with Crippen molar-refractivity contribution in [3.63, 3.8) is 0 Å². The lowest BCUT2D eigenvalue weighted by Crippen LogP contribution is -2.68. The molecule has 1 unspecified atom stereocenters. The Morgan fingerprint density at radius 2 is 1.38 bits per heavy atom. The maximum Gasteiger partial charge on any atom is 0.261 e. The summed E-state index contributed by atoms with van der Waals surface area (Å²) in [6.45, 7) is 11.0. The largest absolute Gasteiger partial charge is 0.491 e. The molecule has 4 heteroatoms. The minimum atomic E-state index is -2.76. The Hall–Kier alpha value is -2.95. The van der Waals surface area contributed by atoms with Crippen LogP contribution >= 0.6 is 0 Å². The van der Waals surface area contributed by atoms with E-state index in [0.717, 1.165) is 25.0 Å². The highest BCUT2D eigenvalue weighted by Crippen LogP contribution is 2.38. The molecule has 0 aromatic heterocycles. The van der Waals surface area contributed by atoms with Gasteiger partial charge >= 0.3 is 0 Å². The standard InChI is InChI=1S/C33H42O3Si/c1-5-6-7-11-18-28(34)25-26-30(27-35-29-19-12-8-13-20-29)36-37(33(2,3)4,31-21-14-9-15-22-31)32-23-16-10-17-24-32/h5,8-10,12-17,19-24,30H,1,6-7,11,18,25-27H2,2-4H3. The first-order valence-electron chi connectivity index (χ1n) is 13.5. The molecule has 0 spiro atoms. The quantitative estimate of drug-likeness (QED) is 0.123. The van der Waals surface area contributed by atoms with E-state index in [2.05, 4.69) is 88.0 Å². The van der Waals surface area contributed by atoms with E-state index in [9.17, 15) is 4.79 Å². The molecular formula is C33H42O3Si. The summed E-state index contributed by atoms with van der Waals surface area (Å²) < 4.78 is 13.6. The van der Waals surface area contributed by atoms with Crippen molar-refractivity contribution in [1.29, 1.82) is 0 Å². The smallest absolute Gasteiger partial charge is 0.261 e. The molecule has 3 aromatic rings. The average Bonchev–Trinajstić information content (AvgIpc) is 2.91. The van der Waals surface area contributed by atoms with Crippen molar-refractivity contribution in [3.05, 3.63) is 104 Å². The Kier molecular flexibility index (Phi) is 10.9. The van der Waals surface area contributed by atoms with Crippen molar-refractivity contribution >= 4 is 24.5 Å². The van der Waals surface area contributed by atoms with Gasteiger partial charge in [0.05, 0.1) is 6.10 Å². The second kappa shape index (κ2) is 14.1. The van der Waals surface area contributed by atoms with Gasteiger partial charge in [0.15, 0.2) is 0 Å². The van der Waals surface area contributed by atoms with E-state index in [4.69, 9.17) is 9.16 Å². The molecule has 3 rings (SSSR count). The molecule has 1 atom stereocenters. The average molecular weight is 515 g/mol. The Morgan fingerprint density at radius 3 is 1.89 bits per heavy atom. The molecule has 3 nitrogen and oxygen atoms in total. The van der Waals surface area contributed by atoms with Gasteiger partial charge in [-0.2, -0.15) is 0 Å². The Labute approximate surface area is 224 Å². The maximum atomic E-state index is 12.8. The van der Waals surface area contributed by atoms with Crippen LogP contribution in [0.5, 0.6) is 5.75 Å². The van der Waals surface area contributed by atoms with Crippen LogP contribution in [0.4, 0.5) is 0 Å². The minimum absolute atomic E-state index is 0.143. The number of unbranched alkanes of at least 4 members (excludes halogenated alkanes) is 2. The zero-order chi connectivity index (χ0) is 26.6. The van der Waals surface area contributed by atoms with Gasteiger partial charge < -0.3 is 9.16 Å². The van der Waals surface area contributed by atoms with Gasteiger partial charge in [-0.25, -0.2) is 0 Å². The van der Waals surface area contributed by atoms with Gasteiger partial charge in [-0.1, -0.05) is 106 Å². The van der Waals surface area contributed by atoms with Gasteiger partial charge in [0, 0.05) is 12.8 Å². The zero-order valence-corrected chi connectivity index (χ0v) is 23.7. The number of ether oxygens (including phenoxy) is 1. The van der Waals surface area contributed by atoms with Crippen LogP contribution in [0.25, 0.3) is 0 Å². The van der Waals surface area contributed by atoms with Gasteiger partial charge in [0.25, 0.3) is 8.32 Å². The highest BCUT2D eigenvalue weighted by Gasteiger charge is 2.51. The molecule has 0 saturated heterocycles. The molecule has 37 heavy (non-hydrogen) atoms. The lowest BCUT2D eigenvalue weighted by molar-refractivity contribution is -0.119. The summed E-state index contributed by atoms with van der Waals surface area (Å²) in [7, 11) is -2.76. The van der Waals surface area contributed by atoms with Crippen molar-refractivity contribution in [3.8, 4) is 5.75 Å². The van der Waals surface area contributed by atoms with Crippen LogP contribution in [-0.2, 0) is 9.22 Å². The normalized spacial score (nSPS) is 12.6. The van der Waals surface area contributed by atoms with Gasteiger partial charge in [0.1, 0.15) is 18.1 Å². The molecule has 0 heterocycles. The van der Waals surface area contributed by atoms with E-state index in [1.807, 2.05) is 36.4 Å². The van der Waals surface area contributed by atoms with Crippen molar-refractivity contribution < 1.29 is 14.0 Å². The molecular weight excluding hydrogens is 472 g/mol. The van der Waals surface area contributed by atoms with E-state index in [1.165, 1.54) is 10.4 Å². The maximum absolute atomic E-state index is 12.8. The van der Waals surface area contributed by atoms with Gasteiger partial charge in [-0.3, -0.25) is 4.79 Å². The van der Waals surface area contributed by atoms with Crippen LogP contribution in [0.3, 0.4) is 0 Å².